The highest BCUT2D eigenvalue weighted by Gasteiger charge is 2.33. The molecule has 8 heteroatoms. The molecule has 3 atom stereocenters. The third kappa shape index (κ3) is 7.55. The van der Waals surface area contributed by atoms with Gasteiger partial charge in [-0.2, -0.15) is 0 Å². The van der Waals surface area contributed by atoms with Crippen molar-refractivity contribution in [3.8, 4) is 0 Å². The maximum Gasteiger partial charge on any atom is 0.315 e. The van der Waals surface area contributed by atoms with Crippen LogP contribution in [0.15, 0.2) is 17.8 Å². The molecule has 1 aliphatic heterocycles. The van der Waals surface area contributed by atoms with Gasteiger partial charge in [-0.15, -0.1) is 6.58 Å². The van der Waals surface area contributed by atoms with Gasteiger partial charge in [0.25, 0.3) is 0 Å². The van der Waals surface area contributed by atoms with E-state index in [-0.39, 0.29) is 11.9 Å². The van der Waals surface area contributed by atoms with Gasteiger partial charge >= 0.3 is 6.03 Å². The van der Waals surface area contributed by atoms with Crippen LogP contribution in [0.5, 0.6) is 0 Å². The molecule has 1 heterocycles. The Kier molecular flexibility index (Phi) is 8.98. The topological polar surface area (TPSA) is 123 Å². The Labute approximate surface area is 149 Å². The Morgan fingerprint density at radius 2 is 2.20 bits per heavy atom. The van der Waals surface area contributed by atoms with E-state index >= 15 is 0 Å². The standard InChI is InChI=1S/C17H31N5O3/c1-4-5-14(21-25-11-13(3)18)8-9-20-16(23)15-7-6-12(2)10-22(15)17(19)24/h4,12-13,15H,1,5-11,18H2,2-3H3,(H2,19,24)(H,20,23)/b21-14+/t12-,13+,15?/m1/s1. The first-order valence-corrected chi connectivity index (χ1v) is 8.73. The van der Waals surface area contributed by atoms with Crippen molar-refractivity contribution in [3.63, 3.8) is 0 Å². The summed E-state index contributed by atoms with van der Waals surface area (Å²) in [6.07, 6.45) is 4.37. The van der Waals surface area contributed by atoms with E-state index in [9.17, 15) is 9.59 Å². The summed E-state index contributed by atoms with van der Waals surface area (Å²) in [6.45, 7) is 8.83. The number of carbonyl (C=O) groups excluding carboxylic acids is 2. The van der Waals surface area contributed by atoms with Crippen molar-refractivity contribution in [2.45, 2.75) is 51.6 Å². The van der Waals surface area contributed by atoms with Gasteiger partial charge in [0.05, 0.1) is 5.71 Å². The maximum atomic E-state index is 12.4. The molecule has 1 fully saturated rings. The van der Waals surface area contributed by atoms with E-state index < -0.39 is 12.1 Å². The molecule has 0 spiro atoms. The van der Waals surface area contributed by atoms with Crippen molar-refractivity contribution in [1.82, 2.24) is 10.2 Å². The number of likely N-dealkylation sites (tertiary alicyclic amines) is 1. The molecular weight excluding hydrogens is 322 g/mol. The van der Waals surface area contributed by atoms with Crippen molar-refractivity contribution in [3.05, 3.63) is 12.7 Å². The number of rotatable bonds is 9. The third-order valence-electron chi connectivity index (χ3n) is 4.03. The smallest absolute Gasteiger partial charge is 0.315 e. The molecule has 0 aromatic heterocycles. The van der Waals surface area contributed by atoms with Gasteiger partial charge in [-0.3, -0.25) is 4.79 Å². The summed E-state index contributed by atoms with van der Waals surface area (Å²) in [5, 5.41) is 6.90. The molecular formula is C17H31N5O3. The molecule has 1 aliphatic rings. The second kappa shape index (κ2) is 10.7. The molecule has 1 unspecified atom stereocenters. The molecule has 0 saturated carbocycles. The molecule has 5 N–H and O–H groups in total. The number of hydrogen-bond donors (Lipinski definition) is 3. The van der Waals surface area contributed by atoms with Crippen LogP contribution in [0.4, 0.5) is 4.79 Å². The molecule has 142 valence electrons. The van der Waals surface area contributed by atoms with Crippen LogP contribution in [0, 0.1) is 5.92 Å². The van der Waals surface area contributed by atoms with Crippen molar-refractivity contribution in [2.24, 2.45) is 22.5 Å². The number of carbonyl (C=O) groups is 2. The molecule has 8 nitrogen and oxygen atoms in total. The Bertz CT molecular complexity index is 493. The van der Waals surface area contributed by atoms with Gasteiger partial charge in [0.1, 0.15) is 12.6 Å². The monoisotopic (exact) mass is 353 g/mol. The minimum atomic E-state index is -0.551. The summed E-state index contributed by atoms with van der Waals surface area (Å²) >= 11 is 0. The SMILES string of the molecule is C=CC/C(CCNC(=O)C1CC[C@@H](C)CN1C(N)=O)=N\OC[C@H](C)N. The Balaban J connectivity index is 2.50. The number of nitrogens with one attached hydrogen (secondary N) is 1. The third-order valence-corrected chi connectivity index (χ3v) is 4.03. The summed E-state index contributed by atoms with van der Waals surface area (Å²) in [6, 6.07) is -1.14. The largest absolute Gasteiger partial charge is 0.394 e. The lowest BCUT2D eigenvalue weighted by atomic mass is 9.94. The van der Waals surface area contributed by atoms with Gasteiger partial charge < -0.3 is 26.5 Å². The molecule has 3 amide bonds. The average molecular weight is 353 g/mol. The van der Waals surface area contributed by atoms with Crippen LogP contribution in [0.25, 0.3) is 0 Å². The average Bonchev–Trinajstić information content (AvgIpc) is 2.54. The van der Waals surface area contributed by atoms with Gasteiger partial charge in [0.15, 0.2) is 0 Å². The predicted molar refractivity (Wildman–Crippen MR) is 98.0 cm³/mol. The lowest BCUT2D eigenvalue weighted by Crippen LogP contribution is -2.55. The number of nitrogens with zero attached hydrogens (tertiary/aromatic N) is 2. The first-order valence-electron chi connectivity index (χ1n) is 8.73. The van der Waals surface area contributed by atoms with Crippen molar-refractivity contribution >= 4 is 17.6 Å². The first kappa shape index (κ1) is 21.0. The number of allylic oxidation sites excluding steroid dienone is 1. The minimum Gasteiger partial charge on any atom is -0.394 e. The van der Waals surface area contributed by atoms with Crippen molar-refractivity contribution < 1.29 is 14.4 Å². The zero-order valence-electron chi connectivity index (χ0n) is 15.2. The summed E-state index contributed by atoms with van der Waals surface area (Å²) in [4.78, 5) is 30.6. The lowest BCUT2D eigenvalue weighted by molar-refractivity contribution is -0.126. The van der Waals surface area contributed by atoms with E-state index in [0.717, 1.165) is 12.1 Å². The number of amides is 3. The molecule has 0 aromatic rings. The molecule has 0 bridgehead atoms. The van der Waals surface area contributed by atoms with Crippen LogP contribution in [0.1, 0.15) is 39.5 Å². The van der Waals surface area contributed by atoms with Crippen LogP contribution in [0.3, 0.4) is 0 Å². The maximum absolute atomic E-state index is 12.4. The molecule has 25 heavy (non-hydrogen) atoms. The van der Waals surface area contributed by atoms with Gasteiger partial charge in [-0.05, 0) is 25.7 Å². The quantitative estimate of drug-likeness (QED) is 0.324. The van der Waals surface area contributed by atoms with Gasteiger partial charge in [0.2, 0.25) is 5.91 Å². The second-order valence-corrected chi connectivity index (χ2v) is 6.65. The summed E-state index contributed by atoms with van der Waals surface area (Å²) in [5.74, 6) is 0.171. The Hall–Kier alpha value is -2.09. The van der Waals surface area contributed by atoms with Gasteiger partial charge in [0, 0.05) is 32.0 Å². The first-order chi connectivity index (χ1) is 11.8. The normalized spacial score (nSPS) is 22.2. The fraction of sp³-hybridized carbons (Fsp3) is 0.706. The number of primary amides is 1. The van der Waals surface area contributed by atoms with E-state index in [2.05, 4.69) is 17.1 Å². The molecule has 1 saturated heterocycles. The molecule has 0 radical (unpaired) electrons. The number of urea groups is 1. The second-order valence-electron chi connectivity index (χ2n) is 6.65. The summed E-state index contributed by atoms with van der Waals surface area (Å²) in [5.41, 5.74) is 11.8. The van der Waals surface area contributed by atoms with Crippen LogP contribution >= 0.6 is 0 Å². The molecule has 0 aromatic carbocycles. The van der Waals surface area contributed by atoms with Crippen LogP contribution in [-0.4, -0.2) is 54.3 Å². The van der Waals surface area contributed by atoms with Crippen molar-refractivity contribution in [1.29, 1.82) is 0 Å². The van der Waals surface area contributed by atoms with Crippen LogP contribution < -0.4 is 16.8 Å². The predicted octanol–water partition coefficient (Wildman–Crippen LogP) is 0.968. The molecule has 1 rings (SSSR count). The highest BCUT2D eigenvalue weighted by atomic mass is 16.6. The number of hydrogen-bond acceptors (Lipinski definition) is 5. The van der Waals surface area contributed by atoms with Crippen LogP contribution in [-0.2, 0) is 9.63 Å². The van der Waals surface area contributed by atoms with E-state index in [4.69, 9.17) is 16.3 Å². The van der Waals surface area contributed by atoms with E-state index in [1.807, 2.05) is 13.8 Å². The zero-order chi connectivity index (χ0) is 18.8. The highest BCUT2D eigenvalue weighted by Crippen LogP contribution is 2.21. The minimum absolute atomic E-state index is 0.0955. The summed E-state index contributed by atoms with van der Waals surface area (Å²) in [7, 11) is 0. The summed E-state index contributed by atoms with van der Waals surface area (Å²) < 4.78 is 0. The fourth-order valence-corrected chi connectivity index (χ4v) is 2.71. The van der Waals surface area contributed by atoms with Gasteiger partial charge in [-0.1, -0.05) is 18.2 Å². The fourth-order valence-electron chi connectivity index (χ4n) is 2.71. The lowest BCUT2D eigenvalue weighted by Gasteiger charge is -2.36. The van der Waals surface area contributed by atoms with E-state index in [1.165, 1.54) is 4.90 Å². The van der Waals surface area contributed by atoms with Crippen molar-refractivity contribution in [2.75, 3.05) is 19.7 Å². The number of oxime groups is 1. The van der Waals surface area contributed by atoms with E-state index in [0.29, 0.717) is 44.9 Å². The highest BCUT2D eigenvalue weighted by molar-refractivity contribution is 5.88. The molecule has 0 aliphatic carbocycles. The Morgan fingerprint density at radius 3 is 2.80 bits per heavy atom. The van der Waals surface area contributed by atoms with Gasteiger partial charge in [-0.25, -0.2) is 4.79 Å². The van der Waals surface area contributed by atoms with E-state index in [1.54, 1.807) is 6.08 Å². The Morgan fingerprint density at radius 1 is 1.48 bits per heavy atom. The number of piperidine rings is 1. The van der Waals surface area contributed by atoms with Crippen LogP contribution in [0.2, 0.25) is 0 Å². The number of nitrogens with two attached hydrogens (primary N) is 2. The zero-order valence-corrected chi connectivity index (χ0v) is 15.2.